The van der Waals surface area contributed by atoms with Gasteiger partial charge in [-0.05, 0) is 18.6 Å². The van der Waals surface area contributed by atoms with Crippen molar-refractivity contribution in [3.8, 4) is 5.75 Å². The molecular formula is C12H13N3O3. The van der Waals surface area contributed by atoms with E-state index < -0.39 is 0 Å². The fourth-order valence-electron chi connectivity index (χ4n) is 2.35. The molecule has 0 spiro atoms. The molecule has 0 aromatic carbocycles. The summed E-state index contributed by atoms with van der Waals surface area (Å²) in [5.41, 5.74) is 0. The Morgan fingerprint density at radius 2 is 2.33 bits per heavy atom. The highest BCUT2D eigenvalue weighted by molar-refractivity contribution is 6.01. The van der Waals surface area contributed by atoms with E-state index in [1.54, 1.807) is 12.3 Å². The smallest absolute Gasteiger partial charge is 0.249 e. The maximum absolute atomic E-state index is 11.9. The van der Waals surface area contributed by atoms with Gasteiger partial charge in [-0.25, -0.2) is 4.98 Å². The Hall–Kier alpha value is -2.11. The van der Waals surface area contributed by atoms with Crippen molar-refractivity contribution in [2.24, 2.45) is 0 Å². The molecule has 1 unspecified atom stereocenters. The van der Waals surface area contributed by atoms with Gasteiger partial charge >= 0.3 is 0 Å². The molecular weight excluding hydrogens is 234 g/mol. The molecule has 2 aliphatic rings. The summed E-state index contributed by atoms with van der Waals surface area (Å²) < 4.78 is 5.50. The van der Waals surface area contributed by atoms with E-state index >= 15 is 0 Å². The zero-order valence-corrected chi connectivity index (χ0v) is 9.76. The molecule has 1 fully saturated rings. The van der Waals surface area contributed by atoms with Crippen molar-refractivity contribution in [3.63, 3.8) is 0 Å². The number of imide groups is 1. The molecule has 3 heterocycles. The van der Waals surface area contributed by atoms with Gasteiger partial charge in [0.1, 0.15) is 12.6 Å². The molecule has 0 bridgehead atoms. The lowest BCUT2D eigenvalue weighted by Gasteiger charge is -2.36. The van der Waals surface area contributed by atoms with Crippen molar-refractivity contribution in [1.29, 1.82) is 0 Å². The molecule has 1 aromatic heterocycles. The number of ether oxygens (including phenoxy) is 1. The minimum Gasteiger partial charge on any atom is -0.488 e. The lowest BCUT2D eigenvalue weighted by Crippen LogP contribution is -2.54. The standard InChI is InChI=1S/C12H13N3O3/c16-10-4-3-8(12(17)14-10)15-6-7-18-9-2-1-5-13-11(9)15/h1-2,5,8H,3-4,6-7H2,(H,14,16,17). The van der Waals surface area contributed by atoms with E-state index in [9.17, 15) is 9.59 Å². The number of hydrogen-bond donors (Lipinski definition) is 1. The van der Waals surface area contributed by atoms with Crippen LogP contribution >= 0.6 is 0 Å². The molecule has 0 aliphatic carbocycles. The topological polar surface area (TPSA) is 71.5 Å². The number of nitrogens with zero attached hydrogens (tertiary/aromatic N) is 2. The van der Waals surface area contributed by atoms with Crippen LogP contribution in [0.1, 0.15) is 12.8 Å². The van der Waals surface area contributed by atoms with Crippen molar-refractivity contribution in [2.75, 3.05) is 18.1 Å². The van der Waals surface area contributed by atoms with E-state index in [4.69, 9.17) is 4.74 Å². The average Bonchev–Trinajstić information content (AvgIpc) is 2.38. The number of hydrogen-bond acceptors (Lipinski definition) is 5. The SMILES string of the molecule is O=C1CCC(N2CCOc3cccnc32)C(=O)N1. The molecule has 1 N–H and O–H groups in total. The number of nitrogens with one attached hydrogen (secondary N) is 1. The molecule has 18 heavy (non-hydrogen) atoms. The molecule has 1 aromatic rings. The van der Waals surface area contributed by atoms with Gasteiger partial charge in [-0.15, -0.1) is 0 Å². The van der Waals surface area contributed by atoms with Crippen molar-refractivity contribution < 1.29 is 14.3 Å². The molecule has 94 valence electrons. The maximum Gasteiger partial charge on any atom is 0.249 e. The number of pyridine rings is 1. The Balaban J connectivity index is 1.89. The Bertz CT molecular complexity index is 503. The number of anilines is 1. The lowest BCUT2D eigenvalue weighted by molar-refractivity contribution is -0.134. The molecule has 0 radical (unpaired) electrons. The van der Waals surface area contributed by atoms with Gasteiger partial charge in [0.15, 0.2) is 11.6 Å². The summed E-state index contributed by atoms with van der Waals surface area (Å²) in [5, 5.41) is 2.37. The van der Waals surface area contributed by atoms with Gasteiger partial charge in [-0.1, -0.05) is 0 Å². The van der Waals surface area contributed by atoms with E-state index in [0.29, 0.717) is 37.6 Å². The zero-order chi connectivity index (χ0) is 12.5. The van der Waals surface area contributed by atoms with Crippen LogP contribution in [0.4, 0.5) is 5.82 Å². The van der Waals surface area contributed by atoms with E-state index in [0.717, 1.165) is 0 Å². The Labute approximate surface area is 104 Å². The van der Waals surface area contributed by atoms with Crippen molar-refractivity contribution >= 4 is 17.6 Å². The largest absolute Gasteiger partial charge is 0.488 e. The summed E-state index contributed by atoms with van der Waals surface area (Å²) in [6.07, 6.45) is 2.57. The van der Waals surface area contributed by atoms with Gasteiger partial charge in [-0.2, -0.15) is 0 Å². The first-order valence-electron chi connectivity index (χ1n) is 5.94. The number of piperidine rings is 1. The lowest BCUT2D eigenvalue weighted by atomic mass is 10.0. The maximum atomic E-state index is 11.9. The van der Waals surface area contributed by atoms with E-state index in [1.165, 1.54) is 0 Å². The van der Waals surface area contributed by atoms with E-state index in [1.807, 2.05) is 11.0 Å². The number of fused-ring (bicyclic) bond motifs is 1. The highest BCUT2D eigenvalue weighted by atomic mass is 16.5. The fourth-order valence-corrected chi connectivity index (χ4v) is 2.35. The molecule has 1 saturated heterocycles. The quantitative estimate of drug-likeness (QED) is 0.712. The van der Waals surface area contributed by atoms with Crippen LogP contribution in [-0.2, 0) is 9.59 Å². The predicted molar refractivity (Wildman–Crippen MR) is 63.2 cm³/mol. The zero-order valence-electron chi connectivity index (χ0n) is 9.76. The minimum absolute atomic E-state index is 0.203. The molecule has 6 nitrogen and oxygen atoms in total. The van der Waals surface area contributed by atoms with Crippen molar-refractivity contribution in [2.45, 2.75) is 18.9 Å². The molecule has 6 heteroatoms. The van der Waals surface area contributed by atoms with E-state index in [-0.39, 0.29) is 17.9 Å². The number of carbonyl (C=O) groups excluding carboxylic acids is 2. The van der Waals surface area contributed by atoms with Crippen LogP contribution in [0.25, 0.3) is 0 Å². The first-order chi connectivity index (χ1) is 8.75. The van der Waals surface area contributed by atoms with Crippen LogP contribution in [0, 0.1) is 0 Å². The Morgan fingerprint density at radius 1 is 1.44 bits per heavy atom. The van der Waals surface area contributed by atoms with Gasteiger partial charge in [0.2, 0.25) is 11.8 Å². The second-order valence-electron chi connectivity index (χ2n) is 4.33. The van der Waals surface area contributed by atoms with Gasteiger partial charge < -0.3 is 9.64 Å². The van der Waals surface area contributed by atoms with E-state index in [2.05, 4.69) is 10.3 Å². The van der Waals surface area contributed by atoms with Gasteiger partial charge in [-0.3, -0.25) is 14.9 Å². The summed E-state index contributed by atoms with van der Waals surface area (Å²) in [6, 6.07) is 3.30. The van der Waals surface area contributed by atoms with Gasteiger partial charge in [0, 0.05) is 12.6 Å². The number of carbonyl (C=O) groups is 2. The Kier molecular flexibility index (Phi) is 2.62. The second kappa shape index (κ2) is 4.29. The number of amides is 2. The average molecular weight is 247 g/mol. The molecule has 1 atom stereocenters. The monoisotopic (exact) mass is 247 g/mol. The highest BCUT2D eigenvalue weighted by Crippen LogP contribution is 2.31. The van der Waals surface area contributed by atoms with Crippen LogP contribution in [-0.4, -0.2) is 36.0 Å². The molecule has 0 saturated carbocycles. The third-order valence-electron chi connectivity index (χ3n) is 3.20. The third kappa shape index (κ3) is 1.79. The van der Waals surface area contributed by atoms with Crippen LogP contribution < -0.4 is 15.0 Å². The Morgan fingerprint density at radius 3 is 3.17 bits per heavy atom. The van der Waals surface area contributed by atoms with Crippen molar-refractivity contribution in [3.05, 3.63) is 18.3 Å². The van der Waals surface area contributed by atoms with Gasteiger partial charge in [0.05, 0.1) is 6.54 Å². The summed E-state index contributed by atoms with van der Waals surface area (Å²) in [4.78, 5) is 29.2. The predicted octanol–water partition coefficient (Wildman–Crippen LogP) is 0.0856. The summed E-state index contributed by atoms with van der Waals surface area (Å²) >= 11 is 0. The van der Waals surface area contributed by atoms with Crippen LogP contribution in [0.3, 0.4) is 0 Å². The first-order valence-corrected chi connectivity index (χ1v) is 5.94. The summed E-state index contributed by atoms with van der Waals surface area (Å²) in [6.45, 7) is 1.13. The second-order valence-corrected chi connectivity index (χ2v) is 4.33. The van der Waals surface area contributed by atoms with Crippen molar-refractivity contribution in [1.82, 2.24) is 10.3 Å². The van der Waals surface area contributed by atoms with Crippen LogP contribution in [0.2, 0.25) is 0 Å². The molecule has 2 aliphatic heterocycles. The molecule has 2 amide bonds. The van der Waals surface area contributed by atoms with Crippen LogP contribution in [0.15, 0.2) is 18.3 Å². The first kappa shape index (κ1) is 11.0. The highest BCUT2D eigenvalue weighted by Gasteiger charge is 2.34. The normalized spacial score (nSPS) is 23.1. The summed E-state index contributed by atoms with van der Waals surface area (Å²) in [7, 11) is 0. The third-order valence-corrected chi connectivity index (χ3v) is 3.20. The van der Waals surface area contributed by atoms with Gasteiger partial charge in [0.25, 0.3) is 0 Å². The molecule has 3 rings (SSSR count). The minimum atomic E-state index is -0.333. The number of rotatable bonds is 1. The fraction of sp³-hybridized carbons (Fsp3) is 0.417. The summed E-state index contributed by atoms with van der Waals surface area (Å²) in [5.74, 6) is 0.919. The number of aromatic nitrogens is 1. The van der Waals surface area contributed by atoms with Crippen LogP contribution in [0.5, 0.6) is 5.75 Å².